The molecule has 0 fully saturated rings. The van der Waals surface area contributed by atoms with Gasteiger partial charge in [-0.1, -0.05) is 36.4 Å². The van der Waals surface area contributed by atoms with Crippen LogP contribution in [-0.4, -0.2) is 43.4 Å². The number of rotatable bonds is 8. The first-order valence-electron chi connectivity index (χ1n) is 11.0. The summed E-state index contributed by atoms with van der Waals surface area (Å²) < 4.78 is 10.6. The molecule has 0 aromatic heterocycles. The van der Waals surface area contributed by atoms with Gasteiger partial charge in [-0.3, -0.25) is 19.3 Å². The van der Waals surface area contributed by atoms with Gasteiger partial charge in [-0.2, -0.15) is 0 Å². The van der Waals surface area contributed by atoms with E-state index in [4.69, 9.17) is 9.47 Å². The van der Waals surface area contributed by atoms with Crippen LogP contribution in [0.4, 0.5) is 0 Å². The van der Waals surface area contributed by atoms with Gasteiger partial charge in [0.25, 0.3) is 17.7 Å². The summed E-state index contributed by atoms with van der Waals surface area (Å²) in [6.45, 7) is 2.11. The van der Waals surface area contributed by atoms with Gasteiger partial charge in [-0.25, -0.2) is 0 Å². The maximum atomic E-state index is 13.0. The van der Waals surface area contributed by atoms with Gasteiger partial charge in [-0.15, -0.1) is 0 Å². The number of hydrogen-bond donors (Lipinski definition) is 1. The van der Waals surface area contributed by atoms with Gasteiger partial charge in [0, 0.05) is 12.1 Å². The van der Waals surface area contributed by atoms with Gasteiger partial charge in [0.05, 0.1) is 31.4 Å². The Kier molecular flexibility index (Phi) is 6.63. The first-order chi connectivity index (χ1) is 16.4. The normalized spacial score (nSPS) is 13.4. The van der Waals surface area contributed by atoms with Crippen LogP contribution in [0.5, 0.6) is 11.5 Å². The number of benzene rings is 3. The van der Waals surface area contributed by atoms with Crippen LogP contribution in [0.25, 0.3) is 0 Å². The number of hydrogen-bond acceptors (Lipinski definition) is 5. The molecule has 7 nitrogen and oxygen atoms in total. The first-order valence-corrected chi connectivity index (χ1v) is 11.0. The summed E-state index contributed by atoms with van der Waals surface area (Å²) in [5.74, 6) is 0.140. The van der Waals surface area contributed by atoms with Crippen LogP contribution in [-0.2, 0) is 6.42 Å². The number of carbonyl (C=O) groups excluding carboxylic acids is 3. The van der Waals surface area contributed by atoms with Gasteiger partial charge in [-0.05, 0) is 54.8 Å². The van der Waals surface area contributed by atoms with E-state index in [2.05, 4.69) is 5.32 Å². The molecule has 1 heterocycles. The van der Waals surface area contributed by atoms with Crippen LogP contribution in [0.15, 0.2) is 66.7 Å². The Hall–Kier alpha value is -4.13. The van der Waals surface area contributed by atoms with Crippen molar-refractivity contribution in [3.63, 3.8) is 0 Å². The lowest BCUT2D eigenvalue weighted by atomic mass is 10.0. The van der Waals surface area contributed by atoms with Crippen LogP contribution >= 0.6 is 0 Å². The van der Waals surface area contributed by atoms with Crippen molar-refractivity contribution in [3.8, 4) is 11.5 Å². The van der Waals surface area contributed by atoms with Crippen LogP contribution in [0.1, 0.15) is 55.2 Å². The van der Waals surface area contributed by atoms with E-state index < -0.39 is 5.91 Å². The van der Waals surface area contributed by atoms with Crippen molar-refractivity contribution in [1.82, 2.24) is 10.2 Å². The first kappa shape index (κ1) is 23.0. The maximum Gasteiger partial charge on any atom is 0.261 e. The van der Waals surface area contributed by atoms with E-state index in [0.29, 0.717) is 29.0 Å². The number of imide groups is 1. The van der Waals surface area contributed by atoms with E-state index in [0.717, 1.165) is 11.1 Å². The second-order valence-electron chi connectivity index (χ2n) is 8.07. The van der Waals surface area contributed by atoms with Gasteiger partial charge < -0.3 is 14.8 Å². The molecule has 0 saturated heterocycles. The molecule has 1 aliphatic rings. The quantitative estimate of drug-likeness (QED) is 0.515. The van der Waals surface area contributed by atoms with Crippen molar-refractivity contribution >= 4 is 17.7 Å². The second-order valence-corrected chi connectivity index (χ2v) is 8.07. The fourth-order valence-electron chi connectivity index (χ4n) is 4.02. The zero-order valence-corrected chi connectivity index (χ0v) is 19.3. The summed E-state index contributed by atoms with van der Waals surface area (Å²) in [6, 6.07) is 19.5. The molecule has 1 aliphatic heterocycles. The minimum absolute atomic E-state index is 0.197. The fourth-order valence-corrected chi connectivity index (χ4v) is 4.02. The Morgan fingerprint density at radius 1 is 0.882 bits per heavy atom. The second kappa shape index (κ2) is 9.79. The molecule has 0 saturated carbocycles. The molecule has 1 unspecified atom stereocenters. The fraction of sp³-hybridized carbons (Fsp3) is 0.222. The largest absolute Gasteiger partial charge is 0.493 e. The lowest BCUT2D eigenvalue weighted by Crippen LogP contribution is -2.31. The highest BCUT2D eigenvalue weighted by Gasteiger charge is 2.35. The highest BCUT2D eigenvalue weighted by Crippen LogP contribution is 2.29. The third-order valence-electron chi connectivity index (χ3n) is 5.95. The minimum atomic E-state index is -0.397. The molecule has 3 amide bonds. The highest BCUT2D eigenvalue weighted by atomic mass is 16.5. The highest BCUT2D eigenvalue weighted by molar-refractivity contribution is 6.22. The summed E-state index contributed by atoms with van der Waals surface area (Å²) >= 11 is 0. The van der Waals surface area contributed by atoms with Crippen LogP contribution in [0, 0.1) is 0 Å². The van der Waals surface area contributed by atoms with Crippen molar-refractivity contribution in [1.29, 1.82) is 0 Å². The maximum absolute atomic E-state index is 13.0. The number of methoxy groups -OCH3 is 2. The molecule has 3 aromatic rings. The smallest absolute Gasteiger partial charge is 0.261 e. The standard InChI is InChI=1S/C27H26N2O5/c1-17(19-7-5-4-6-8-19)28-25(30)20-10-11-21-22(16-20)27(32)29(26(21)31)14-13-18-9-12-23(33-2)24(15-18)34-3/h4-12,15-17H,13-14H2,1-3H3,(H,28,30). The zero-order chi connectivity index (χ0) is 24.2. The summed E-state index contributed by atoms with van der Waals surface area (Å²) in [6.07, 6.45) is 0.466. The van der Waals surface area contributed by atoms with Crippen LogP contribution < -0.4 is 14.8 Å². The lowest BCUT2D eigenvalue weighted by Gasteiger charge is -2.15. The Morgan fingerprint density at radius 3 is 2.29 bits per heavy atom. The van der Waals surface area contributed by atoms with Gasteiger partial charge >= 0.3 is 0 Å². The summed E-state index contributed by atoms with van der Waals surface area (Å²) in [5.41, 5.74) is 2.78. The predicted molar refractivity (Wildman–Crippen MR) is 127 cm³/mol. The molecule has 0 aliphatic carbocycles. The van der Waals surface area contributed by atoms with E-state index in [-0.39, 0.29) is 30.0 Å². The lowest BCUT2D eigenvalue weighted by molar-refractivity contribution is 0.0656. The molecular formula is C27H26N2O5. The molecule has 1 N–H and O–H groups in total. The monoisotopic (exact) mass is 458 g/mol. The number of nitrogens with zero attached hydrogens (tertiary/aromatic N) is 1. The molecule has 1 atom stereocenters. The topological polar surface area (TPSA) is 84.9 Å². The van der Waals surface area contributed by atoms with Gasteiger partial charge in [0.1, 0.15) is 0 Å². The molecule has 34 heavy (non-hydrogen) atoms. The Bertz CT molecular complexity index is 1240. The zero-order valence-electron chi connectivity index (χ0n) is 19.3. The Labute approximate surface area is 198 Å². The summed E-state index contributed by atoms with van der Waals surface area (Å²) in [5, 5.41) is 2.94. The van der Waals surface area contributed by atoms with Crippen LogP contribution in [0.3, 0.4) is 0 Å². The van der Waals surface area contributed by atoms with Crippen molar-refractivity contribution in [2.75, 3.05) is 20.8 Å². The van der Waals surface area contributed by atoms with E-state index in [1.807, 2.05) is 49.4 Å². The molecule has 7 heteroatoms. The van der Waals surface area contributed by atoms with Gasteiger partial charge in [0.15, 0.2) is 11.5 Å². The van der Waals surface area contributed by atoms with Gasteiger partial charge in [0.2, 0.25) is 0 Å². The number of ether oxygens (including phenoxy) is 2. The molecule has 174 valence electrons. The Balaban J connectivity index is 1.46. The van der Waals surface area contributed by atoms with E-state index in [1.165, 1.54) is 11.0 Å². The Morgan fingerprint density at radius 2 is 1.59 bits per heavy atom. The molecule has 3 aromatic carbocycles. The molecule has 0 bridgehead atoms. The number of carbonyl (C=O) groups is 3. The van der Waals surface area contributed by atoms with Crippen molar-refractivity contribution < 1.29 is 23.9 Å². The summed E-state index contributed by atoms with van der Waals surface area (Å²) in [7, 11) is 3.12. The molecular weight excluding hydrogens is 432 g/mol. The van der Waals surface area contributed by atoms with E-state index in [1.54, 1.807) is 32.4 Å². The molecule has 0 spiro atoms. The summed E-state index contributed by atoms with van der Waals surface area (Å²) in [4.78, 5) is 39.9. The third kappa shape index (κ3) is 4.50. The number of fused-ring (bicyclic) bond motifs is 1. The number of amides is 3. The predicted octanol–water partition coefficient (Wildman–Crippen LogP) is 4.03. The van der Waals surface area contributed by atoms with Crippen LogP contribution in [0.2, 0.25) is 0 Å². The SMILES string of the molecule is COc1ccc(CCN2C(=O)c3ccc(C(=O)NC(C)c4ccccc4)cc3C2=O)cc1OC. The molecule has 0 radical (unpaired) electrons. The van der Waals surface area contributed by atoms with E-state index >= 15 is 0 Å². The average molecular weight is 459 g/mol. The van der Waals surface area contributed by atoms with Crippen molar-refractivity contribution in [3.05, 3.63) is 94.5 Å². The van der Waals surface area contributed by atoms with Crippen molar-refractivity contribution in [2.24, 2.45) is 0 Å². The average Bonchev–Trinajstić information content (AvgIpc) is 3.11. The molecule has 4 rings (SSSR count). The number of nitrogens with one attached hydrogen (secondary N) is 1. The third-order valence-corrected chi connectivity index (χ3v) is 5.95. The minimum Gasteiger partial charge on any atom is -0.493 e. The van der Waals surface area contributed by atoms with E-state index in [9.17, 15) is 14.4 Å². The van der Waals surface area contributed by atoms with Crippen molar-refractivity contribution in [2.45, 2.75) is 19.4 Å².